The van der Waals surface area contributed by atoms with E-state index in [-0.39, 0.29) is 29.2 Å². The predicted molar refractivity (Wildman–Crippen MR) is 193 cm³/mol. The number of aryl methyl sites for hydroxylation is 1. The zero-order chi connectivity index (χ0) is 34.9. The molecule has 256 valence electrons. The predicted octanol–water partition coefficient (Wildman–Crippen LogP) is 5.76. The van der Waals surface area contributed by atoms with Gasteiger partial charge in [0.15, 0.2) is 5.65 Å². The Kier molecular flexibility index (Phi) is 9.16. The first-order valence-corrected chi connectivity index (χ1v) is 17.2. The van der Waals surface area contributed by atoms with Gasteiger partial charge in [-0.15, -0.1) is 0 Å². The van der Waals surface area contributed by atoms with E-state index in [1.54, 1.807) is 16.8 Å². The van der Waals surface area contributed by atoms with Gasteiger partial charge in [0.05, 0.1) is 11.1 Å². The van der Waals surface area contributed by atoms with Crippen LogP contribution < -0.4 is 21.9 Å². The van der Waals surface area contributed by atoms with Gasteiger partial charge in [0, 0.05) is 36.7 Å². The number of halogens is 1. The van der Waals surface area contributed by atoms with Crippen LogP contribution in [0, 0.1) is 12.7 Å². The lowest BCUT2D eigenvalue weighted by Crippen LogP contribution is -2.45. The molecular weight excluding hydrogens is 633 g/mol. The first-order valence-electron chi connectivity index (χ1n) is 17.2. The number of carbonyl (C=O) groups is 1. The number of nitrogens with zero attached hydrogens (tertiary/aromatic N) is 5. The summed E-state index contributed by atoms with van der Waals surface area (Å²) in [5.41, 5.74) is 4.87. The van der Waals surface area contributed by atoms with Gasteiger partial charge in [-0.2, -0.15) is 0 Å². The molecular formula is C39H40FN7O3. The highest BCUT2D eigenvalue weighted by Crippen LogP contribution is 2.29. The number of nitrogens with one attached hydrogen (secondary N) is 2. The van der Waals surface area contributed by atoms with Crippen LogP contribution in [0.2, 0.25) is 0 Å². The number of hydrogen-bond donors (Lipinski definition) is 2. The van der Waals surface area contributed by atoms with Crippen molar-refractivity contribution in [3.8, 4) is 16.8 Å². The molecule has 0 aliphatic heterocycles. The first-order chi connectivity index (χ1) is 24.1. The topological polar surface area (TPSA) is 115 Å². The lowest BCUT2D eigenvalue weighted by atomic mass is 9.90. The molecule has 0 atom stereocenters. The van der Waals surface area contributed by atoms with Crippen LogP contribution in [0.4, 0.5) is 4.39 Å². The summed E-state index contributed by atoms with van der Waals surface area (Å²) in [7, 11) is 0. The number of carbonyl (C=O) groups excluding carboxylic acids is 1. The van der Waals surface area contributed by atoms with Crippen LogP contribution in [-0.4, -0.2) is 48.0 Å². The molecule has 2 N–H and O–H groups in total. The van der Waals surface area contributed by atoms with Gasteiger partial charge >= 0.3 is 5.69 Å². The van der Waals surface area contributed by atoms with E-state index in [1.165, 1.54) is 39.1 Å². The molecule has 0 saturated heterocycles. The van der Waals surface area contributed by atoms with Gasteiger partial charge in [-0.25, -0.2) is 23.7 Å². The minimum Gasteiger partial charge on any atom is -0.348 e. The Hall–Kier alpha value is -5.42. The number of amides is 1. The second-order valence-electron chi connectivity index (χ2n) is 13.5. The quantitative estimate of drug-likeness (QED) is 0.202. The van der Waals surface area contributed by atoms with Gasteiger partial charge in [-0.05, 0) is 98.2 Å². The van der Waals surface area contributed by atoms with Gasteiger partial charge in [0.1, 0.15) is 17.2 Å². The Bertz CT molecular complexity index is 2320. The molecule has 1 aliphatic carbocycles. The number of rotatable bonds is 9. The molecule has 1 saturated carbocycles. The zero-order valence-electron chi connectivity index (χ0n) is 28.4. The number of fused-ring (bicyclic) bond motifs is 2. The van der Waals surface area contributed by atoms with Crippen molar-refractivity contribution in [1.82, 2.24) is 34.1 Å². The van der Waals surface area contributed by atoms with E-state index in [4.69, 9.17) is 0 Å². The Morgan fingerprint density at radius 3 is 2.50 bits per heavy atom. The van der Waals surface area contributed by atoms with Crippen LogP contribution in [-0.2, 0) is 6.42 Å². The molecule has 10 nitrogen and oxygen atoms in total. The van der Waals surface area contributed by atoms with Gasteiger partial charge in [-0.3, -0.25) is 14.2 Å². The fraction of sp³-hybridized carbons (Fsp3) is 0.308. The molecule has 1 amide bonds. The number of hydrogen-bond acceptors (Lipinski definition) is 6. The van der Waals surface area contributed by atoms with Crippen molar-refractivity contribution in [2.24, 2.45) is 0 Å². The Labute approximate surface area is 288 Å². The van der Waals surface area contributed by atoms with E-state index in [0.717, 1.165) is 29.7 Å². The van der Waals surface area contributed by atoms with E-state index < -0.39 is 11.5 Å². The zero-order valence-corrected chi connectivity index (χ0v) is 28.4. The summed E-state index contributed by atoms with van der Waals surface area (Å²) in [6.45, 7) is 7.06. The summed E-state index contributed by atoms with van der Waals surface area (Å²) in [5, 5.41) is 6.87. The molecule has 7 rings (SSSR count). The van der Waals surface area contributed by atoms with Crippen LogP contribution in [0.25, 0.3) is 33.5 Å². The lowest BCUT2D eigenvalue weighted by molar-refractivity contribution is 0.0917. The van der Waals surface area contributed by atoms with Crippen LogP contribution >= 0.6 is 0 Å². The SMILES string of the molecule is Cc1cnc2c(c1)c(=O)n(C1CCC(NC(=O)c3cn4cc(F)ccc4n3)CC1)c(=O)n2-c1cccc(-c2ccc(CCNC(C)C)cc2)c1. The number of imidazole rings is 1. The van der Waals surface area contributed by atoms with Crippen LogP contribution in [0.5, 0.6) is 0 Å². The van der Waals surface area contributed by atoms with Crippen molar-refractivity contribution in [3.05, 3.63) is 129 Å². The molecule has 4 heterocycles. The molecule has 0 bridgehead atoms. The molecule has 1 fully saturated rings. The standard InChI is InChI=1S/C39H40FN7O3/c1-24(2)41-18-17-26-7-9-27(10-8-26)28-5-4-6-32(20-28)46-36-33(19-25(3)21-42-36)38(49)47(39(46)50)31-14-12-30(13-15-31)43-37(48)34-23-45-22-29(40)11-16-35(45)44-34/h4-11,16,19-24,30-31,41H,12-15,17-18H2,1-3H3,(H,43,48). The molecule has 0 unspecified atom stereocenters. The maximum Gasteiger partial charge on any atom is 0.337 e. The van der Waals surface area contributed by atoms with Gasteiger partial charge in [-0.1, -0.05) is 50.2 Å². The molecule has 4 aromatic heterocycles. The molecule has 0 radical (unpaired) electrons. The van der Waals surface area contributed by atoms with Crippen molar-refractivity contribution in [1.29, 1.82) is 0 Å². The number of benzene rings is 2. The van der Waals surface area contributed by atoms with Gasteiger partial charge in [0.2, 0.25) is 0 Å². The van der Waals surface area contributed by atoms with E-state index >= 15 is 0 Å². The smallest absolute Gasteiger partial charge is 0.337 e. The van der Waals surface area contributed by atoms with Crippen LogP contribution in [0.15, 0.2) is 94.9 Å². The van der Waals surface area contributed by atoms with Crippen molar-refractivity contribution in [2.75, 3.05) is 6.54 Å². The molecule has 50 heavy (non-hydrogen) atoms. The monoisotopic (exact) mass is 673 g/mol. The molecule has 1 aliphatic rings. The molecule has 0 spiro atoms. The first kappa shape index (κ1) is 33.1. The number of pyridine rings is 2. The second-order valence-corrected chi connectivity index (χ2v) is 13.5. The third kappa shape index (κ3) is 6.73. The summed E-state index contributed by atoms with van der Waals surface area (Å²) in [4.78, 5) is 50.2. The van der Waals surface area contributed by atoms with E-state index in [0.29, 0.717) is 54.1 Å². The van der Waals surface area contributed by atoms with Gasteiger partial charge in [0.25, 0.3) is 11.5 Å². The fourth-order valence-electron chi connectivity index (χ4n) is 6.87. The summed E-state index contributed by atoms with van der Waals surface area (Å²) in [5.74, 6) is -0.764. The van der Waals surface area contributed by atoms with E-state index in [2.05, 4.69) is 58.7 Å². The largest absolute Gasteiger partial charge is 0.348 e. The average molecular weight is 674 g/mol. The van der Waals surface area contributed by atoms with Gasteiger partial charge < -0.3 is 15.0 Å². The van der Waals surface area contributed by atoms with E-state index in [9.17, 15) is 18.8 Å². The van der Waals surface area contributed by atoms with Crippen molar-refractivity contribution in [2.45, 2.75) is 71.0 Å². The third-order valence-electron chi connectivity index (χ3n) is 9.46. The second kappa shape index (κ2) is 13.8. The summed E-state index contributed by atoms with van der Waals surface area (Å²) >= 11 is 0. The maximum atomic E-state index is 14.4. The average Bonchev–Trinajstić information content (AvgIpc) is 3.53. The summed E-state index contributed by atoms with van der Waals surface area (Å²) in [6, 6.07) is 20.8. The summed E-state index contributed by atoms with van der Waals surface area (Å²) < 4.78 is 18.0. The minimum absolute atomic E-state index is 0.155. The van der Waals surface area contributed by atoms with Crippen molar-refractivity contribution in [3.63, 3.8) is 0 Å². The van der Waals surface area contributed by atoms with Crippen molar-refractivity contribution < 1.29 is 9.18 Å². The Morgan fingerprint density at radius 1 is 0.960 bits per heavy atom. The normalized spacial score (nSPS) is 16.3. The fourth-order valence-corrected chi connectivity index (χ4v) is 6.87. The third-order valence-corrected chi connectivity index (χ3v) is 9.46. The Balaban J connectivity index is 1.15. The van der Waals surface area contributed by atoms with Crippen LogP contribution in [0.1, 0.15) is 67.2 Å². The highest BCUT2D eigenvalue weighted by Gasteiger charge is 2.28. The summed E-state index contributed by atoms with van der Waals surface area (Å²) in [6.07, 6.45) is 7.60. The van der Waals surface area contributed by atoms with Crippen molar-refractivity contribution >= 4 is 22.6 Å². The maximum absolute atomic E-state index is 14.4. The minimum atomic E-state index is -0.437. The molecule has 2 aromatic carbocycles. The molecule has 6 aromatic rings. The number of aromatic nitrogens is 5. The Morgan fingerprint density at radius 2 is 1.74 bits per heavy atom. The highest BCUT2D eigenvalue weighted by molar-refractivity contribution is 5.93. The van der Waals surface area contributed by atoms with Crippen LogP contribution in [0.3, 0.4) is 0 Å². The lowest BCUT2D eigenvalue weighted by Gasteiger charge is -2.30. The van der Waals surface area contributed by atoms with E-state index in [1.807, 2.05) is 31.2 Å². The molecule has 11 heteroatoms. The highest BCUT2D eigenvalue weighted by atomic mass is 19.1.